The van der Waals surface area contributed by atoms with Crippen LogP contribution in [-0.2, 0) is 10.0 Å². The van der Waals surface area contributed by atoms with Gasteiger partial charge in [-0.1, -0.05) is 22.0 Å². The Morgan fingerprint density at radius 2 is 2.11 bits per heavy atom. The number of aromatic nitrogens is 1. The molecule has 0 aliphatic heterocycles. The second kappa shape index (κ2) is 5.34. The van der Waals surface area contributed by atoms with Gasteiger partial charge >= 0.3 is 0 Å². The van der Waals surface area contributed by atoms with Crippen molar-refractivity contribution < 1.29 is 8.42 Å². The number of hydrogen-bond donors (Lipinski definition) is 1. The van der Waals surface area contributed by atoms with Crippen molar-refractivity contribution in [3.63, 3.8) is 0 Å². The van der Waals surface area contributed by atoms with Gasteiger partial charge < -0.3 is 0 Å². The van der Waals surface area contributed by atoms with Crippen LogP contribution < -0.4 is 4.72 Å². The molecule has 0 saturated carbocycles. The Morgan fingerprint density at radius 1 is 1.33 bits per heavy atom. The van der Waals surface area contributed by atoms with Crippen LogP contribution in [0.1, 0.15) is 5.56 Å². The molecule has 0 radical (unpaired) electrons. The first-order chi connectivity index (χ1) is 8.56. The van der Waals surface area contributed by atoms with Gasteiger partial charge in [-0.05, 0) is 30.7 Å². The van der Waals surface area contributed by atoms with Gasteiger partial charge in [0.1, 0.15) is 0 Å². The number of nitrogens with one attached hydrogen (secondary N) is 1. The minimum Gasteiger partial charge on any atom is -0.256 e. The number of sulfonamides is 1. The van der Waals surface area contributed by atoms with Crippen molar-refractivity contribution in [1.29, 1.82) is 0 Å². The molecule has 0 saturated heterocycles. The van der Waals surface area contributed by atoms with Gasteiger partial charge in [-0.2, -0.15) is 0 Å². The quantitative estimate of drug-likeness (QED) is 0.875. The lowest BCUT2D eigenvalue weighted by molar-refractivity contribution is 0.585. The van der Waals surface area contributed by atoms with Gasteiger partial charge in [-0.25, -0.2) is 13.1 Å². The van der Waals surface area contributed by atoms with Crippen LogP contribution in [0.3, 0.4) is 0 Å². The standard InChI is InChI=1S/C12H13BrN2O2S/c1-9-4-5-11(18(16,17)15-8-6-13)10-3-2-7-14-12(9)10/h2-5,7,15H,6,8H2,1H3. The molecular formula is C12H13BrN2O2S. The molecule has 4 nitrogen and oxygen atoms in total. The van der Waals surface area contributed by atoms with Crippen LogP contribution in [0.15, 0.2) is 35.4 Å². The lowest BCUT2D eigenvalue weighted by Crippen LogP contribution is -2.25. The summed E-state index contributed by atoms with van der Waals surface area (Å²) >= 11 is 3.20. The van der Waals surface area contributed by atoms with E-state index in [4.69, 9.17) is 0 Å². The largest absolute Gasteiger partial charge is 0.256 e. The Balaban J connectivity index is 2.62. The molecule has 6 heteroatoms. The van der Waals surface area contributed by atoms with E-state index in [1.165, 1.54) is 0 Å². The van der Waals surface area contributed by atoms with Gasteiger partial charge in [0.25, 0.3) is 0 Å². The van der Waals surface area contributed by atoms with E-state index in [2.05, 4.69) is 25.6 Å². The predicted octanol–water partition coefficient (Wildman–Crippen LogP) is 2.22. The minimum absolute atomic E-state index is 0.275. The summed E-state index contributed by atoms with van der Waals surface area (Å²) in [5, 5.41) is 1.23. The van der Waals surface area contributed by atoms with Crippen molar-refractivity contribution in [3.05, 3.63) is 36.0 Å². The molecule has 1 heterocycles. The fourth-order valence-electron chi connectivity index (χ4n) is 1.77. The van der Waals surface area contributed by atoms with E-state index in [-0.39, 0.29) is 4.90 Å². The van der Waals surface area contributed by atoms with E-state index in [9.17, 15) is 8.42 Å². The fourth-order valence-corrected chi connectivity index (χ4v) is 3.46. The van der Waals surface area contributed by atoms with Crippen LogP contribution in [0.5, 0.6) is 0 Å². The maximum atomic E-state index is 12.2. The topological polar surface area (TPSA) is 59.1 Å². The molecule has 96 valence electrons. The normalized spacial score (nSPS) is 11.9. The number of nitrogens with zero attached hydrogens (tertiary/aromatic N) is 1. The molecule has 0 aliphatic carbocycles. The molecule has 0 amide bonds. The number of alkyl halides is 1. The molecule has 18 heavy (non-hydrogen) atoms. The van der Waals surface area contributed by atoms with Crippen LogP contribution in [-0.4, -0.2) is 25.3 Å². The lowest BCUT2D eigenvalue weighted by Gasteiger charge is -2.09. The molecule has 2 aromatic rings. The van der Waals surface area contributed by atoms with Crippen LogP contribution in [0.25, 0.3) is 10.9 Å². The second-order valence-electron chi connectivity index (χ2n) is 3.87. The third-order valence-corrected chi connectivity index (χ3v) is 4.52. The van der Waals surface area contributed by atoms with Crippen molar-refractivity contribution in [3.8, 4) is 0 Å². The van der Waals surface area contributed by atoms with Gasteiger partial charge in [-0.15, -0.1) is 0 Å². The van der Waals surface area contributed by atoms with Gasteiger partial charge in [0.2, 0.25) is 10.0 Å². The zero-order valence-electron chi connectivity index (χ0n) is 9.85. The highest BCUT2D eigenvalue weighted by molar-refractivity contribution is 9.09. The number of benzene rings is 1. The van der Waals surface area contributed by atoms with Crippen molar-refractivity contribution in [2.24, 2.45) is 0 Å². The first-order valence-electron chi connectivity index (χ1n) is 5.46. The average molecular weight is 329 g/mol. The van der Waals surface area contributed by atoms with Crippen molar-refractivity contribution in [2.45, 2.75) is 11.8 Å². The Kier molecular flexibility index (Phi) is 3.99. The van der Waals surface area contributed by atoms with E-state index < -0.39 is 10.0 Å². The molecule has 0 bridgehead atoms. The Hall–Kier alpha value is -0.980. The third kappa shape index (κ3) is 2.55. The van der Waals surface area contributed by atoms with E-state index >= 15 is 0 Å². The number of rotatable bonds is 4. The molecule has 1 N–H and O–H groups in total. The van der Waals surface area contributed by atoms with Crippen LogP contribution in [0.2, 0.25) is 0 Å². The van der Waals surface area contributed by atoms with Crippen LogP contribution in [0, 0.1) is 6.92 Å². The molecule has 0 atom stereocenters. The number of hydrogen-bond acceptors (Lipinski definition) is 3. The van der Waals surface area contributed by atoms with Crippen molar-refractivity contribution in [1.82, 2.24) is 9.71 Å². The summed E-state index contributed by atoms with van der Waals surface area (Å²) in [6.07, 6.45) is 1.66. The SMILES string of the molecule is Cc1ccc(S(=O)(=O)NCCBr)c2cccnc12. The minimum atomic E-state index is -3.49. The summed E-state index contributed by atoms with van der Waals surface area (Å²) in [7, 11) is -3.49. The average Bonchev–Trinajstić information content (AvgIpc) is 2.37. The molecule has 1 aromatic carbocycles. The third-order valence-electron chi connectivity index (χ3n) is 2.61. The summed E-state index contributed by atoms with van der Waals surface area (Å²) in [5.74, 6) is 0. The van der Waals surface area contributed by atoms with Crippen molar-refractivity contribution >= 4 is 36.9 Å². The molecule has 1 aromatic heterocycles. The Bertz CT molecular complexity index is 671. The monoisotopic (exact) mass is 328 g/mol. The maximum absolute atomic E-state index is 12.2. The van der Waals surface area contributed by atoms with Crippen LogP contribution >= 0.6 is 15.9 Å². The highest BCUT2D eigenvalue weighted by Crippen LogP contribution is 2.23. The predicted molar refractivity (Wildman–Crippen MR) is 75.5 cm³/mol. The Morgan fingerprint density at radius 3 is 2.83 bits per heavy atom. The van der Waals surface area contributed by atoms with Gasteiger partial charge in [0.05, 0.1) is 10.4 Å². The van der Waals surface area contributed by atoms with Gasteiger partial charge in [0, 0.05) is 23.5 Å². The summed E-state index contributed by atoms with van der Waals surface area (Å²) in [5.41, 5.74) is 1.68. The van der Waals surface area contributed by atoms with E-state index in [1.807, 2.05) is 6.92 Å². The summed E-state index contributed by atoms with van der Waals surface area (Å²) in [6, 6.07) is 6.91. The second-order valence-corrected chi connectivity index (χ2v) is 6.40. The zero-order valence-corrected chi connectivity index (χ0v) is 12.3. The Labute approximate surface area is 115 Å². The summed E-state index contributed by atoms with van der Waals surface area (Å²) in [4.78, 5) is 4.51. The molecule has 0 fully saturated rings. The zero-order chi connectivity index (χ0) is 13.2. The highest BCUT2D eigenvalue weighted by Gasteiger charge is 2.17. The maximum Gasteiger partial charge on any atom is 0.241 e. The van der Waals surface area contributed by atoms with E-state index in [0.717, 1.165) is 11.1 Å². The highest BCUT2D eigenvalue weighted by atomic mass is 79.9. The van der Waals surface area contributed by atoms with Gasteiger partial charge in [0.15, 0.2) is 0 Å². The fraction of sp³-hybridized carbons (Fsp3) is 0.250. The summed E-state index contributed by atoms with van der Waals surface area (Å²) in [6.45, 7) is 2.27. The molecule has 0 aliphatic rings. The lowest BCUT2D eigenvalue weighted by atomic mass is 10.1. The number of aryl methyl sites for hydroxylation is 1. The summed E-state index contributed by atoms with van der Waals surface area (Å²) < 4.78 is 26.8. The number of pyridine rings is 1. The van der Waals surface area contributed by atoms with Crippen molar-refractivity contribution in [2.75, 3.05) is 11.9 Å². The first kappa shape index (κ1) is 13.5. The first-order valence-corrected chi connectivity index (χ1v) is 8.06. The number of fused-ring (bicyclic) bond motifs is 1. The molecule has 2 rings (SSSR count). The molecular weight excluding hydrogens is 316 g/mol. The number of halogens is 1. The van der Waals surface area contributed by atoms with E-state index in [1.54, 1.807) is 30.5 Å². The van der Waals surface area contributed by atoms with Gasteiger partial charge in [-0.3, -0.25) is 4.98 Å². The smallest absolute Gasteiger partial charge is 0.241 e. The van der Waals surface area contributed by atoms with Crippen LogP contribution in [0.4, 0.5) is 0 Å². The van der Waals surface area contributed by atoms with E-state index in [0.29, 0.717) is 17.3 Å². The molecule has 0 unspecified atom stereocenters. The molecule has 0 spiro atoms.